The van der Waals surface area contributed by atoms with Crippen LogP contribution in [-0.2, 0) is 0 Å². The number of halogens is 2. The molecule has 3 N–H and O–H groups in total. The highest BCUT2D eigenvalue weighted by Crippen LogP contribution is 2.20. The summed E-state index contributed by atoms with van der Waals surface area (Å²) in [6, 6.07) is 12.5. The first-order valence-electron chi connectivity index (χ1n) is 5.17. The topological polar surface area (TPSA) is 55.1 Å². The Morgan fingerprint density at radius 2 is 1.83 bits per heavy atom. The first-order chi connectivity index (χ1) is 8.54. The van der Waals surface area contributed by atoms with Gasteiger partial charge in [0.1, 0.15) is 0 Å². The molecule has 2 aromatic rings. The van der Waals surface area contributed by atoms with Crippen LogP contribution in [0.5, 0.6) is 0 Å². The number of carbonyl (C=O) groups is 1. The van der Waals surface area contributed by atoms with E-state index in [0.717, 1.165) is 14.6 Å². The molecule has 5 heteroatoms. The van der Waals surface area contributed by atoms with Crippen LogP contribution in [0, 0.1) is 0 Å². The van der Waals surface area contributed by atoms with E-state index in [4.69, 9.17) is 5.73 Å². The minimum atomic E-state index is -0.193. The van der Waals surface area contributed by atoms with Gasteiger partial charge in [0, 0.05) is 25.9 Å². The molecule has 3 nitrogen and oxygen atoms in total. The Bertz CT molecular complexity index is 579. The van der Waals surface area contributed by atoms with E-state index in [9.17, 15) is 4.79 Å². The molecule has 0 aliphatic heterocycles. The number of nitrogen functional groups attached to an aromatic ring is 1. The summed E-state index contributed by atoms with van der Waals surface area (Å²) in [5.74, 6) is -0.193. The number of carbonyl (C=O) groups excluding carboxylic acids is 1. The van der Waals surface area contributed by atoms with Gasteiger partial charge in [-0.25, -0.2) is 0 Å². The third-order valence-corrected chi connectivity index (χ3v) is 3.22. The Labute approximate surface area is 122 Å². The summed E-state index contributed by atoms with van der Waals surface area (Å²) in [5, 5.41) is 2.81. The molecule has 0 radical (unpaired) electrons. The van der Waals surface area contributed by atoms with Crippen LogP contribution in [0.2, 0.25) is 0 Å². The molecule has 0 saturated carbocycles. The van der Waals surface area contributed by atoms with E-state index in [1.807, 2.05) is 24.3 Å². The summed E-state index contributed by atoms with van der Waals surface area (Å²) in [4.78, 5) is 12.0. The predicted molar refractivity (Wildman–Crippen MR) is 80.6 cm³/mol. The zero-order chi connectivity index (χ0) is 13.1. The molecular formula is C13H10Br2N2O. The van der Waals surface area contributed by atoms with Gasteiger partial charge < -0.3 is 11.1 Å². The van der Waals surface area contributed by atoms with Crippen LogP contribution in [0.4, 0.5) is 11.4 Å². The highest BCUT2D eigenvalue weighted by Gasteiger charge is 2.07. The molecule has 2 aromatic carbocycles. The van der Waals surface area contributed by atoms with Crippen molar-refractivity contribution >= 4 is 49.1 Å². The van der Waals surface area contributed by atoms with E-state index in [1.54, 1.807) is 18.2 Å². The molecule has 2 rings (SSSR count). The normalized spacial score (nSPS) is 10.1. The van der Waals surface area contributed by atoms with E-state index in [1.165, 1.54) is 0 Å². The Hall–Kier alpha value is -1.33. The number of amides is 1. The maximum absolute atomic E-state index is 12.0. The van der Waals surface area contributed by atoms with Gasteiger partial charge in [0.2, 0.25) is 0 Å². The molecule has 0 bridgehead atoms. The highest BCUT2D eigenvalue weighted by atomic mass is 79.9. The summed E-state index contributed by atoms with van der Waals surface area (Å²) in [6.45, 7) is 0. The largest absolute Gasteiger partial charge is 0.399 e. The fraction of sp³-hybridized carbons (Fsp3) is 0. The number of benzene rings is 2. The van der Waals surface area contributed by atoms with Gasteiger partial charge in [-0.05, 0) is 36.4 Å². The fourth-order valence-electron chi connectivity index (χ4n) is 1.51. The summed E-state index contributed by atoms with van der Waals surface area (Å²) in [5.41, 5.74) is 7.49. The van der Waals surface area contributed by atoms with Crippen LogP contribution >= 0.6 is 31.9 Å². The van der Waals surface area contributed by atoms with E-state index >= 15 is 0 Å². The Balaban J connectivity index is 2.22. The zero-order valence-electron chi connectivity index (χ0n) is 9.28. The second-order valence-corrected chi connectivity index (χ2v) is 5.57. The maximum Gasteiger partial charge on any atom is 0.255 e. The molecule has 0 unspecified atom stereocenters. The van der Waals surface area contributed by atoms with E-state index < -0.39 is 0 Å². The van der Waals surface area contributed by atoms with Crippen molar-refractivity contribution in [3.8, 4) is 0 Å². The van der Waals surface area contributed by atoms with Crippen molar-refractivity contribution in [2.45, 2.75) is 0 Å². The number of anilines is 2. The molecule has 0 fully saturated rings. The van der Waals surface area contributed by atoms with E-state index in [2.05, 4.69) is 37.2 Å². The lowest BCUT2D eigenvalue weighted by Crippen LogP contribution is -2.12. The van der Waals surface area contributed by atoms with Gasteiger partial charge >= 0.3 is 0 Å². The van der Waals surface area contributed by atoms with E-state index in [0.29, 0.717) is 11.3 Å². The van der Waals surface area contributed by atoms with Gasteiger partial charge in [-0.2, -0.15) is 0 Å². The number of hydrogen-bond acceptors (Lipinski definition) is 2. The number of nitrogens with one attached hydrogen (secondary N) is 1. The van der Waals surface area contributed by atoms with Gasteiger partial charge in [-0.1, -0.05) is 37.9 Å². The first-order valence-corrected chi connectivity index (χ1v) is 6.76. The second-order valence-electron chi connectivity index (χ2n) is 3.74. The van der Waals surface area contributed by atoms with Gasteiger partial charge in [0.25, 0.3) is 5.91 Å². The Kier molecular flexibility index (Phi) is 4.04. The lowest BCUT2D eigenvalue weighted by atomic mass is 10.2. The average molecular weight is 370 g/mol. The van der Waals surface area contributed by atoms with Crippen molar-refractivity contribution in [3.63, 3.8) is 0 Å². The number of nitrogens with two attached hydrogens (primary N) is 1. The molecule has 0 aliphatic carbocycles. The van der Waals surface area contributed by atoms with Crippen LogP contribution in [0.1, 0.15) is 10.4 Å². The molecule has 92 valence electrons. The van der Waals surface area contributed by atoms with E-state index in [-0.39, 0.29) is 5.91 Å². The standard InChI is InChI=1S/C13H10Br2N2O/c14-9-2-1-3-12(7-9)17-13(18)8-4-10(15)6-11(16)5-8/h1-7H,16H2,(H,17,18). The molecule has 1 amide bonds. The van der Waals surface area contributed by atoms with Crippen molar-refractivity contribution in [1.82, 2.24) is 0 Å². The van der Waals surface area contributed by atoms with Crippen LogP contribution < -0.4 is 11.1 Å². The minimum Gasteiger partial charge on any atom is -0.399 e. The summed E-state index contributed by atoms with van der Waals surface area (Å²) in [6.07, 6.45) is 0. The van der Waals surface area contributed by atoms with Crippen molar-refractivity contribution < 1.29 is 4.79 Å². The molecule has 0 aromatic heterocycles. The average Bonchev–Trinajstić information content (AvgIpc) is 2.27. The van der Waals surface area contributed by atoms with Crippen molar-refractivity contribution in [2.24, 2.45) is 0 Å². The summed E-state index contributed by atoms with van der Waals surface area (Å²) < 4.78 is 1.69. The molecule has 18 heavy (non-hydrogen) atoms. The predicted octanol–water partition coefficient (Wildman–Crippen LogP) is 4.05. The Morgan fingerprint density at radius 1 is 1.06 bits per heavy atom. The zero-order valence-corrected chi connectivity index (χ0v) is 12.5. The van der Waals surface area contributed by atoms with Gasteiger partial charge in [0.05, 0.1) is 0 Å². The molecule has 0 spiro atoms. The van der Waals surface area contributed by atoms with Gasteiger partial charge in [0.15, 0.2) is 0 Å². The SMILES string of the molecule is Nc1cc(Br)cc(C(=O)Nc2cccc(Br)c2)c1. The van der Waals surface area contributed by atoms with Crippen LogP contribution in [0.3, 0.4) is 0 Å². The summed E-state index contributed by atoms with van der Waals surface area (Å²) >= 11 is 6.66. The third-order valence-electron chi connectivity index (χ3n) is 2.26. The van der Waals surface area contributed by atoms with Crippen LogP contribution in [-0.4, -0.2) is 5.91 Å². The van der Waals surface area contributed by atoms with Gasteiger partial charge in [-0.15, -0.1) is 0 Å². The lowest BCUT2D eigenvalue weighted by Gasteiger charge is -2.07. The number of rotatable bonds is 2. The maximum atomic E-state index is 12.0. The first kappa shape index (κ1) is 13.1. The Morgan fingerprint density at radius 3 is 2.50 bits per heavy atom. The van der Waals surface area contributed by atoms with Crippen molar-refractivity contribution in [3.05, 3.63) is 57.0 Å². The van der Waals surface area contributed by atoms with Gasteiger partial charge in [-0.3, -0.25) is 4.79 Å². The monoisotopic (exact) mass is 368 g/mol. The lowest BCUT2D eigenvalue weighted by molar-refractivity contribution is 0.102. The highest BCUT2D eigenvalue weighted by molar-refractivity contribution is 9.10. The van der Waals surface area contributed by atoms with Crippen LogP contribution in [0.15, 0.2) is 51.4 Å². The molecule has 0 atom stereocenters. The fourth-order valence-corrected chi connectivity index (χ4v) is 2.42. The number of hydrogen-bond donors (Lipinski definition) is 2. The second kappa shape index (κ2) is 5.54. The van der Waals surface area contributed by atoms with Crippen molar-refractivity contribution in [1.29, 1.82) is 0 Å². The molecule has 0 saturated heterocycles. The van der Waals surface area contributed by atoms with Crippen molar-refractivity contribution in [2.75, 3.05) is 11.1 Å². The smallest absolute Gasteiger partial charge is 0.255 e. The molecule has 0 heterocycles. The molecule has 0 aliphatic rings. The van der Waals surface area contributed by atoms with Crippen LogP contribution in [0.25, 0.3) is 0 Å². The summed E-state index contributed by atoms with van der Waals surface area (Å²) in [7, 11) is 0. The minimum absolute atomic E-state index is 0.193. The third kappa shape index (κ3) is 3.34. The quantitative estimate of drug-likeness (QED) is 0.784. The molecular weight excluding hydrogens is 360 g/mol.